The van der Waals surface area contributed by atoms with E-state index in [1.807, 2.05) is 36.4 Å². The average molecular weight is 418 g/mol. The Bertz CT molecular complexity index is 1070. The Balaban J connectivity index is 1.40. The van der Waals surface area contributed by atoms with Crippen LogP contribution in [0.4, 0.5) is 10.1 Å². The highest BCUT2D eigenvalue weighted by Crippen LogP contribution is 2.22. The third-order valence-corrected chi connectivity index (χ3v) is 5.23. The minimum Gasteiger partial charge on any atom is -0.489 e. The fourth-order valence-electron chi connectivity index (χ4n) is 3.72. The molecule has 0 saturated carbocycles. The first-order valence-electron chi connectivity index (χ1n) is 10.2. The van der Waals surface area contributed by atoms with Gasteiger partial charge in [0.25, 0.3) is 5.91 Å². The summed E-state index contributed by atoms with van der Waals surface area (Å²) < 4.78 is 18.9. The molecule has 0 aromatic heterocycles. The first-order chi connectivity index (χ1) is 15.1. The van der Waals surface area contributed by atoms with Gasteiger partial charge in [0.2, 0.25) is 5.91 Å². The quantitative estimate of drug-likeness (QED) is 0.634. The topological polar surface area (TPSA) is 58.6 Å². The molecule has 3 aromatic rings. The highest BCUT2D eigenvalue weighted by molar-refractivity contribution is 6.01. The molecule has 5 nitrogen and oxygen atoms in total. The first kappa shape index (κ1) is 20.6. The van der Waals surface area contributed by atoms with E-state index in [0.29, 0.717) is 30.0 Å². The van der Waals surface area contributed by atoms with Crippen molar-refractivity contribution in [1.82, 2.24) is 4.90 Å². The van der Waals surface area contributed by atoms with Crippen LogP contribution in [0.5, 0.6) is 5.75 Å². The van der Waals surface area contributed by atoms with Crippen LogP contribution >= 0.6 is 0 Å². The van der Waals surface area contributed by atoms with Gasteiger partial charge in [-0.1, -0.05) is 36.4 Å². The zero-order valence-corrected chi connectivity index (χ0v) is 17.0. The van der Waals surface area contributed by atoms with Crippen LogP contribution in [0.3, 0.4) is 0 Å². The van der Waals surface area contributed by atoms with Gasteiger partial charge in [0.05, 0.1) is 0 Å². The highest BCUT2D eigenvalue weighted by atomic mass is 19.1. The van der Waals surface area contributed by atoms with Crippen LogP contribution in [0.25, 0.3) is 0 Å². The van der Waals surface area contributed by atoms with Crippen molar-refractivity contribution in [3.63, 3.8) is 0 Å². The molecular formula is C25H23FN2O3. The number of hydrogen-bond acceptors (Lipinski definition) is 3. The lowest BCUT2D eigenvalue weighted by Crippen LogP contribution is -2.43. The van der Waals surface area contributed by atoms with E-state index in [2.05, 4.69) is 5.32 Å². The number of carbonyl (C=O) groups is 2. The summed E-state index contributed by atoms with van der Waals surface area (Å²) in [5, 5.41) is 2.92. The second-order valence-electron chi connectivity index (χ2n) is 7.46. The molecule has 0 spiro atoms. The molecule has 31 heavy (non-hydrogen) atoms. The molecule has 1 unspecified atom stereocenters. The molecule has 4 rings (SSSR count). The van der Waals surface area contributed by atoms with Gasteiger partial charge in [-0.2, -0.15) is 0 Å². The van der Waals surface area contributed by atoms with Crippen LogP contribution in [-0.4, -0.2) is 29.3 Å². The summed E-state index contributed by atoms with van der Waals surface area (Å²) in [6, 6.07) is 21.8. The molecule has 158 valence electrons. The lowest BCUT2D eigenvalue weighted by Gasteiger charge is -2.24. The van der Waals surface area contributed by atoms with E-state index < -0.39 is 6.04 Å². The minimum absolute atomic E-state index is 0.129. The molecule has 1 saturated heterocycles. The van der Waals surface area contributed by atoms with Crippen molar-refractivity contribution in [3.8, 4) is 5.75 Å². The zero-order chi connectivity index (χ0) is 21.6. The second-order valence-corrected chi connectivity index (χ2v) is 7.46. The number of likely N-dealkylation sites (tertiary alicyclic amines) is 1. The summed E-state index contributed by atoms with van der Waals surface area (Å²) in [7, 11) is 0. The van der Waals surface area contributed by atoms with Gasteiger partial charge in [-0.05, 0) is 54.8 Å². The molecule has 3 aromatic carbocycles. The smallest absolute Gasteiger partial charge is 0.254 e. The van der Waals surface area contributed by atoms with Gasteiger partial charge in [-0.15, -0.1) is 0 Å². The number of rotatable bonds is 6. The van der Waals surface area contributed by atoms with E-state index in [0.717, 1.165) is 12.0 Å². The Hall–Kier alpha value is -3.67. The van der Waals surface area contributed by atoms with Crippen LogP contribution in [0.2, 0.25) is 0 Å². The van der Waals surface area contributed by atoms with E-state index in [4.69, 9.17) is 4.74 Å². The number of halogens is 1. The molecule has 1 N–H and O–H groups in total. The number of hydrogen-bond donors (Lipinski definition) is 1. The fourth-order valence-corrected chi connectivity index (χ4v) is 3.72. The lowest BCUT2D eigenvalue weighted by molar-refractivity contribution is -0.119. The van der Waals surface area contributed by atoms with Crippen LogP contribution in [0.1, 0.15) is 28.8 Å². The van der Waals surface area contributed by atoms with Crippen molar-refractivity contribution in [2.75, 3.05) is 11.9 Å². The molecule has 1 fully saturated rings. The third-order valence-electron chi connectivity index (χ3n) is 5.23. The number of nitrogens with zero attached hydrogens (tertiary/aromatic N) is 1. The summed E-state index contributed by atoms with van der Waals surface area (Å²) in [6.45, 7) is 0.808. The number of carbonyl (C=O) groups excluding carboxylic acids is 2. The number of benzene rings is 3. The van der Waals surface area contributed by atoms with Gasteiger partial charge >= 0.3 is 0 Å². The Morgan fingerprint density at radius 3 is 2.61 bits per heavy atom. The Kier molecular flexibility index (Phi) is 6.26. The summed E-state index contributed by atoms with van der Waals surface area (Å²) in [6.07, 6.45) is 1.42. The molecule has 6 heteroatoms. The summed E-state index contributed by atoms with van der Waals surface area (Å²) in [5.41, 5.74) is 2.05. The van der Waals surface area contributed by atoms with Crippen molar-refractivity contribution >= 4 is 17.5 Å². The molecule has 1 aliphatic rings. The molecule has 0 bridgehead atoms. The number of anilines is 1. The molecule has 2 amide bonds. The van der Waals surface area contributed by atoms with Gasteiger partial charge in [-0.3, -0.25) is 9.59 Å². The van der Waals surface area contributed by atoms with Crippen LogP contribution in [0, 0.1) is 5.82 Å². The normalized spacial score (nSPS) is 15.5. The maximum atomic E-state index is 13.3. The Morgan fingerprint density at radius 2 is 1.81 bits per heavy atom. The summed E-state index contributed by atoms with van der Waals surface area (Å²) in [4.78, 5) is 27.4. The SMILES string of the molecule is O=C(Nc1cccc(COc2cccc(F)c2)c1)C1CCCN1C(=O)c1ccccc1. The van der Waals surface area contributed by atoms with E-state index in [-0.39, 0.29) is 24.2 Å². The van der Waals surface area contributed by atoms with Gasteiger partial charge in [0.15, 0.2) is 0 Å². The number of amides is 2. The molecule has 0 aliphatic carbocycles. The van der Waals surface area contributed by atoms with Crippen molar-refractivity contribution in [2.24, 2.45) is 0 Å². The monoisotopic (exact) mass is 418 g/mol. The highest BCUT2D eigenvalue weighted by Gasteiger charge is 2.34. The van der Waals surface area contributed by atoms with Crippen molar-refractivity contribution in [3.05, 3.63) is 95.8 Å². The third kappa shape index (κ3) is 5.09. The molecule has 0 radical (unpaired) electrons. The fraction of sp³-hybridized carbons (Fsp3) is 0.200. The van der Waals surface area contributed by atoms with Crippen molar-refractivity contribution < 1.29 is 18.7 Å². The van der Waals surface area contributed by atoms with Crippen LogP contribution in [-0.2, 0) is 11.4 Å². The minimum atomic E-state index is -0.500. The molecular weight excluding hydrogens is 395 g/mol. The number of nitrogens with one attached hydrogen (secondary N) is 1. The average Bonchev–Trinajstić information content (AvgIpc) is 3.28. The predicted molar refractivity (Wildman–Crippen MR) is 116 cm³/mol. The van der Waals surface area contributed by atoms with Crippen LogP contribution < -0.4 is 10.1 Å². The van der Waals surface area contributed by atoms with Gasteiger partial charge in [-0.25, -0.2) is 4.39 Å². The second kappa shape index (κ2) is 9.43. The van der Waals surface area contributed by atoms with Crippen LogP contribution in [0.15, 0.2) is 78.9 Å². The Labute approximate surface area is 180 Å². The van der Waals surface area contributed by atoms with E-state index >= 15 is 0 Å². The van der Waals surface area contributed by atoms with Crippen molar-refractivity contribution in [1.29, 1.82) is 0 Å². The molecule has 1 aliphatic heterocycles. The molecule has 1 heterocycles. The first-order valence-corrected chi connectivity index (χ1v) is 10.2. The number of ether oxygens (including phenoxy) is 1. The van der Waals surface area contributed by atoms with Gasteiger partial charge in [0.1, 0.15) is 24.2 Å². The summed E-state index contributed by atoms with van der Waals surface area (Å²) >= 11 is 0. The molecule has 1 atom stereocenters. The lowest BCUT2D eigenvalue weighted by atomic mass is 10.1. The van der Waals surface area contributed by atoms with Gasteiger partial charge in [0, 0.05) is 23.9 Å². The largest absolute Gasteiger partial charge is 0.489 e. The standard InChI is InChI=1S/C25H23FN2O3/c26-20-10-5-12-22(16-20)31-17-18-7-4-11-21(15-18)27-24(29)23-13-6-14-28(23)25(30)19-8-2-1-3-9-19/h1-5,7-12,15-16,23H,6,13-14,17H2,(H,27,29). The van der Waals surface area contributed by atoms with E-state index in [9.17, 15) is 14.0 Å². The van der Waals surface area contributed by atoms with E-state index in [1.54, 1.807) is 35.2 Å². The maximum Gasteiger partial charge on any atom is 0.254 e. The van der Waals surface area contributed by atoms with Gasteiger partial charge < -0.3 is 15.0 Å². The maximum absolute atomic E-state index is 13.3. The predicted octanol–water partition coefficient (Wildman–Crippen LogP) is 4.65. The van der Waals surface area contributed by atoms with E-state index in [1.165, 1.54) is 12.1 Å². The van der Waals surface area contributed by atoms with Crippen molar-refractivity contribution in [2.45, 2.75) is 25.5 Å². The summed E-state index contributed by atoms with van der Waals surface area (Å²) in [5.74, 6) is -0.249. The Morgan fingerprint density at radius 1 is 1.00 bits per heavy atom. The zero-order valence-electron chi connectivity index (χ0n) is 17.0.